The highest BCUT2D eigenvalue weighted by atomic mass is 28.2. The molecular weight excluding hydrogens is 176 g/mol. The van der Waals surface area contributed by atoms with E-state index in [1.54, 1.807) is 0 Å². The van der Waals surface area contributed by atoms with Crippen molar-refractivity contribution in [1.29, 1.82) is 0 Å². The normalized spacial score (nSPS) is 29.7. The van der Waals surface area contributed by atoms with Gasteiger partial charge in [-0.15, -0.1) is 0 Å². The lowest BCUT2D eigenvalue weighted by Crippen LogP contribution is -2.23. The van der Waals surface area contributed by atoms with E-state index >= 15 is 0 Å². The van der Waals surface area contributed by atoms with Crippen molar-refractivity contribution in [3.8, 4) is 0 Å². The van der Waals surface area contributed by atoms with Crippen LogP contribution in [0.25, 0.3) is 0 Å². The Morgan fingerprint density at radius 3 is 2.15 bits per heavy atom. The predicted molar refractivity (Wildman–Crippen MR) is 56.3 cm³/mol. The van der Waals surface area contributed by atoms with Crippen LogP contribution in [0.5, 0.6) is 0 Å². The van der Waals surface area contributed by atoms with Crippen molar-refractivity contribution in [1.82, 2.24) is 0 Å². The molecule has 0 bridgehead atoms. The Morgan fingerprint density at radius 2 is 1.92 bits per heavy atom. The van der Waals surface area contributed by atoms with E-state index in [-0.39, 0.29) is 0 Å². The zero-order valence-electron chi connectivity index (χ0n) is 9.27. The molecule has 0 saturated heterocycles. The van der Waals surface area contributed by atoms with E-state index in [9.17, 15) is 0 Å². The largest absolute Gasteiger partial charge is 0.544 e. The first-order valence-corrected chi connectivity index (χ1v) is 5.32. The molecule has 3 radical (unpaired) electrons. The van der Waals surface area contributed by atoms with E-state index < -0.39 is 0 Å². The summed E-state index contributed by atoms with van der Waals surface area (Å²) in [4.78, 5) is 0. The standard InChI is InChI=1S/C11H19OSi/c1-7-8(2)10(12-13)6-9(7)11(3,4)5/h7,9H,6H2,1-5H3. The molecule has 0 aromatic heterocycles. The quantitative estimate of drug-likeness (QED) is 0.584. The molecule has 0 N–H and O–H groups in total. The zero-order chi connectivity index (χ0) is 10.2. The summed E-state index contributed by atoms with van der Waals surface area (Å²) in [5.41, 5.74) is 1.77. The second-order valence-corrected chi connectivity index (χ2v) is 5.38. The number of rotatable bonds is 1. The Labute approximate surface area is 85.1 Å². The van der Waals surface area contributed by atoms with Crippen LogP contribution < -0.4 is 0 Å². The Bertz CT molecular complexity index is 225. The summed E-state index contributed by atoms with van der Waals surface area (Å²) in [6, 6.07) is 0. The van der Waals surface area contributed by atoms with Crippen molar-refractivity contribution in [2.24, 2.45) is 17.3 Å². The third-order valence-electron chi connectivity index (χ3n) is 3.37. The van der Waals surface area contributed by atoms with E-state index in [2.05, 4.69) is 45.1 Å². The lowest BCUT2D eigenvalue weighted by Gasteiger charge is -2.31. The smallest absolute Gasteiger partial charge is 0.340 e. The number of allylic oxidation sites excluding steroid dienone is 2. The SMILES string of the molecule is CC1=C(O[Si])CC(C(C)(C)C)C1C. The summed E-state index contributed by atoms with van der Waals surface area (Å²) < 4.78 is 5.20. The number of hydrogen-bond acceptors (Lipinski definition) is 1. The van der Waals surface area contributed by atoms with Gasteiger partial charge < -0.3 is 4.43 Å². The van der Waals surface area contributed by atoms with Gasteiger partial charge in [0, 0.05) is 6.42 Å². The average molecular weight is 195 g/mol. The number of hydrogen-bond donors (Lipinski definition) is 0. The van der Waals surface area contributed by atoms with Gasteiger partial charge in [0.1, 0.15) is 0 Å². The molecule has 0 spiro atoms. The molecule has 0 heterocycles. The first kappa shape index (κ1) is 10.8. The molecule has 0 aliphatic heterocycles. The van der Waals surface area contributed by atoms with Crippen LogP contribution in [0.1, 0.15) is 41.0 Å². The van der Waals surface area contributed by atoms with Crippen LogP contribution in [0.3, 0.4) is 0 Å². The van der Waals surface area contributed by atoms with Gasteiger partial charge in [0.05, 0.1) is 5.76 Å². The van der Waals surface area contributed by atoms with Crippen LogP contribution in [-0.4, -0.2) is 10.5 Å². The van der Waals surface area contributed by atoms with Gasteiger partial charge in [-0.3, -0.25) is 0 Å². The molecule has 73 valence electrons. The lowest BCUT2D eigenvalue weighted by atomic mass is 9.74. The molecule has 0 aromatic carbocycles. The Hall–Kier alpha value is -0.243. The Kier molecular flexibility index (Phi) is 2.90. The summed E-state index contributed by atoms with van der Waals surface area (Å²) in [5.74, 6) is 2.48. The highest BCUT2D eigenvalue weighted by Gasteiger charge is 2.37. The Morgan fingerprint density at radius 1 is 1.38 bits per heavy atom. The van der Waals surface area contributed by atoms with Gasteiger partial charge in [-0.25, -0.2) is 0 Å². The van der Waals surface area contributed by atoms with Crippen molar-refractivity contribution in [3.05, 3.63) is 11.3 Å². The van der Waals surface area contributed by atoms with E-state index in [1.807, 2.05) is 0 Å². The second-order valence-electron chi connectivity index (χ2n) is 5.17. The monoisotopic (exact) mass is 195 g/mol. The highest BCUT2D eigenvalue weighted by molar-refractivity contribution is 5.98. The molecular formula is C11H19OSi. The molecule has 0 aromatic rings. The van der Waals surface area contributed by atoms with Crippen LogP contribution in [0.4, 0.5) is 0 Å². The average Bonchev–Trinajstić information content (AvgIpc) is 2.28. The molecule has 0 saturated carbocycles. The molecule has 2 heteroatoms. The summed E-state index contributed by atoms with van der Waals surface area (Å²) in [7, 11) is 3.13. The van der Waals surface area contributed by atoms with Gasteiger partial charge in [0.15, 0.2) is 0 Å². The fourth-order valence-corrected chi connectivity index (χ4v) is 2.52. The van der Waals surface area contributed by atoms with E-state index in [1.165, 1.54) is 5.57 Å². The third-order valence-corrected chi connectivity index (χ3v) is 3.61. The first-order valence-electron chi connectivity index (χ1n) is 4.91. The van der Waals surface area contributed by atoms with Gasteiger partial charge in [-0.05, 0) is 29.7 Å². The van der Waals surface area contributed by atoms with Gasteiger partial charge in [-0.2, -0.15) is 0 Å². The van der Waals surface area contributed by atoms with E-state index in [0.717, 1.165) is 12.2 Å². The van der Waals surface area contributed by atoms with E-state index in [0.29, 0.717) is 17.3 Å². The molecule has 2 atom stereocenters. The topological polar surface area (TPSA) is 9.23 Å². The summed E-state index contributed by atoms with van der Waals surface area (Å²) >= 11 is 0. The van der Waals surface area contributed by atoms with Gasteiger partial charge >= 0.3 is 10.5 Å². The minimum absolute atomic E-state index is 0.368. The zero-order valence-corrected chi connectivity index (χ0v) is 10.3. The van der Waals surface area contributed by atoms with Crippen molar-refractivity contribution in [2.75, 3.05) is 0 Å². The van der Waals surface area contributed by atoms with Crippen LogP contribution in [0, 0.1) is 17.3 Å². The van der Waals surface area contributed by atoms with Crippen molar-refractivity contribution < 1.29 is 4.43 Å². The predicted octanol–water partition coefficient (Wildman–Crippen LogP) is 3.06. The summed E-state index contributed by atoms with van der Waals surface area (Å²) in [6.45, 7) is 11.4. The molecule has 0 amide bonds. The van der Waals surface area contributed by atoms with Crippen LogP contribution in [0.2, 0.25) is 0 Å². The molecule has 1 aliphatic rings. The van der Waals surface area contributed by atoms with Gasteiger partial charge in [0.25, 0.3) is 0 Å². The van der Waals surface area contributed by atoms with Crippen molar-refractivity contribution in [3.63, 3.8) is 0 Å². The second kappa shape index (κ2) is 3.49. The molecule has 1 rings (SSSR count). The lowest BCUT2D eigenvalue weighted by molar-refractivity contribution is 0.196. The molecule has 0 fully saturated rings. The minimum Gasteiger partial charge on any atom is -0.544 e. The van der Waals surface area contributed by atoms with Gasteiger partial charge in [0.2, 0.25) is 0 Å². The van der Waals surface area contributed by atoms with Crippen molar-refractivity contribution >= 4 is 10.5 Å². The van der Waals surface area contributed by atoms with Crippen molar-refractivity contribution in [2.45, 2.75) is 41.0 Å². The molecule has 1 nitrogen and oxygen atoms in total. The Balaban J connectivity index is 2.81. The van der Waals surface area contributed by atoms with Crippen LogP contribution >= 0.6 is 0 Å². The fraction of sp³-hybridized carbons (Fsp3) is 0.818. The summed E-state index contributed by atoms with van der Waals surface area (Å²) in [6.07, 6.45) is 1.07. The maximum atomic E-state index is 5.20. The third kappa shape index (κ3) is 1.98. The summed E-state index contributed by atoms with van der Waals surface area (Å²) in [5, 5.41) is 0. The van der Waals surface area contributed by atoms with Crippen LogP contribution in [0.15, 0.2) is 11.3 Å². The van der Waals surface area contributed by atoms with Crippen LogP contribution in [-0.2, 0) is 4.43 Å². The maximum Gasteiger partial charge on any atom is 0.340 e. The fourth-order valence-electron chi connectivity index (χ4n) is 2.27. The minimum atomic E-state index is 0.368. The molecule has 13 heavy (non-hydrogen) atoms. The van der Waals surface area contributed by atoms with Gasteiger partial charge in [-0.1, -0.05) is 27.7 Å². The first-order chi connectivity index (χ1) is 5.88. The molecule has 1 aliphatic carbocycles. The maximum absolute atomic E-state index is 5.20. The van der Waals surface area contributed by atoms with E-state index in [4.69, 9.17) is 4.43 Å². The highest BCUT2D eigenvalue weighted by Crippen LogP contribution is 2.46. The molecule has 2 unspecified atom stereocenters.